The molecule has 8 aliphatic rings. The number of hydrogen-bond acceptors (Lipinski definition) is 9. The summed E-state index contributed by atoms with van der Waals surface area (Å²) in [6, 6.07) is 36.9. The molecular formula is C84H95Cl2F8N13O3. The highest BCUT2D eigenvalue weighted by atomic mass is 35.5. The first-order chi connectivity index (χ1) is 52.5. The molecule has 0 aromatic heterocycles. The van der Waals surface area contributed by atoms with Crippen molar-refractivity contribution in [2.24, 2.45) is 23.7 Å². The second kappa shape index (κ2) is 34.2. The molecule has 0 spiro atoms. The van der Waals surface area contributed by atoms with Crippen LogP contribution in [0, 0.1) is 64.5 Å². The summed E-state index contributed by atoms with van der Waals surface area (Å²) in [5.74, 6) is -1.25. The number of alkyl halides is 6. The molecular weight excluding hydrogens is 1460 g/mol. The average molecular weight is 1560 g/mol. The molecule has 8 fully saturated rings. The number of urea groups is 3. The molecule has 2 aliphatic heterocycles. The number of unbranched alkanes of at least 4 members (excludes halogenated alkanes) is 1. The highest BCUT2D eigenvalue weighted by Gasteiger charge is 2.66. The number of rotatable bonds is 22. The van der Waals surface area contributed by atoms with Crippen molar-refractivity contribution >= 4 is 64.0 Å². The molecule has 6 aromatic rings. The topological polar surface area (TPSA) is 162 Å². The van der Waals surface area contributed by atoms with Crippen LogP contribution in [0.25, 0.3) is 4.85 Å². The van der Waals surface area contributed by atoms with Crippen LogP contribution in [0.1, 0.15) is 136 Å². The van der Waals surface area contributed by atoms with Crippen molar-refractivity contribution in [3.63, 3.8) is 0 Å². The number of hydrogen-bond donors (Lipinski definition) is 3. The van der Waals surface area contributed by atoms with E-state index in [1.807, 2.05) is 62.6 Å². The maximum atomic E-state index is 13.9. The van der Waals surface area contributed by atoms with Crippen LogP contribution in [0.2, 0.25) is 10.0 Å². The summed E-state index contributed by atoms with van der Waals surface area (Å²) in [6.45, 7) is 22.7. The van der Waals surface area contributed by atoms with Crippen LogP contribution in [-0.2, 0) is 28.6 Å². The number of carbonyl (C=O) groups excluding carboxylic acids is 3. The number of amides is 6. The molecule has 2 heterocycles. The quantitative estimate of drug-likeness (QED) is 0.0341. The zero-order valence-corrected chi connectivity index (χ0v) is 64.0. The Balaban J connectivity index is 0.000000154. The van der Waals surface area contributed by atoms with Crippen molar-refractivity contribution in [2.45, 2.75) is 144 Å². The van der Waals surface area contributed by atoms with Crippen molar-refractivity contribution in [1.82, 2.24) is 34.3 Å². The summed E-state index contributed by atoms with van der Waals surface area (Å²) in [5, 5.41) is 28.0. The number of carbonyl (C=O) groups is 3. The number of likely N-dealkylation sites (tertiary alicyclic amines) is 1. The van der Waals surface area contributed by atoms with E-state index in [1.54, 1.807) is 40.1 Å². The zero-order valence-electron chi connectivity index (χ0n) is 62.5. The number of nitriles is 2. The standard InChI is InChI=1S/C31H37F4N5O.C27H30F4N4O.C26H28Cl2N4O/c1-21(2)20-39-12-10-38(11-13-39)14-15-40(29(41)37-24-6-7-27(32)25(17-24)31(33,34)35)28-8-9-30(18-26(28)30)23-5-3-4-22(16-23)19-36;1-34(2)12-3-4-13-35(25(36)33-20-8-9-23(28)21(15-20)27(29,30)31)24-10-11-26(16-22(24)26)19-7-5-6-18(14-19)17-32;1-29-21-6-4-18(5-7-21)26-9-8-24(23(26)17-26)32(13-12-31-10-2-3-11-31)25(33)30-22-15-19(27)14-20(28)16-22/h3-7,16-17,21,26,28H,8-15,18,20H2,1-2H3,(H,37,41);5-9,14-15,22,24H,3-4,10-13,16H2,1-2H3,(H,33,36);4-7,14-16,23-24H,2-3,8-13,17H2,(H,30,33)/t26-,28-,30-;22-,24-,26-;23-,24-,26-/m111/s1. The summed E-state index contributed by atoms with van der Waals surface area (Å²) >= 11 is 12.3. The predicted molar refractivity (Wildman–Crippen MR) is 411 cm³/mol. The van der Waals surface area contributed by atoms with Crippen molar-refractivity contribution in [3.8, 4) is 12.1 Å². The van der Waals surface area contributed by atoms with Gasteiger partial charge in [-0.2, -0.15) is 36.9 Å². The van der Waals surface area contributed by atoms with Crippen molar-refractivity contribution < 1.29 is 49.5 Å². The van der Waals surface area contributed by atoms with Crippen LogP contribution in [0.5, 0.6) is 0 Å². The first kappa shape index (κ1) is 81.0. The van der Waals surface area contributed by atoms with E-state index in [0.717, 1.165) is 165 Å². The summed E-state index contributed by atoms with van der Waals surface area (Å²) in [6.07, 6.45) is 2.69. The van der Waals surface area contributed by atoms with E-state index in [2.05, 4.69) is 83.4 Å². The Morgan fingerprint density at radius 2 is 0.945 bits per heavy atom. The third-order valence-electron chi connectivity index (χ3n) is 24.2. The van der Waals surface area contributed by atoms with Crippen molar-refractivity contribution in [1.29, 1.82) is 10.5 Å². The number of nitrogens with zero attached hydrogens (tertiary/aromatic N) is 10. The van der Waals surface area contributed by atoms with Gasteiger partial charge in [-0.05, 0) is 236 Å². The van der Waals surface area contributed by atoms with Gasteiger partial charge in [0.05, 0.1) is 41.0 Å². The minimum absolute atomic E-state index is 0.0577. The number of nitrogens with one attached hydrogen (secondary N) is 3. The van der Waals surface area contributed by atoms with Crippen molar-refractivity contribution in [3.05, 3.63) is 199 Å². The summed E-state index contributed by atoms with van der Waals surface area (Å²) in [7, 11) is 3.95. The Kier molecular flexibility index (Phi) is 25.2. The molecule has 6 aromatic carbocycles. The smallest absolute Gasteiger partial charge is 0.321 e. The number of benzene rings is 6. The van der Waals surface area contributed by atoms with Crippen LogP contribution in [0.3, 0.4) is 0 Å². The van der Waals surface area contributed by atoms with E-state index >= 15 is 0 Å². The van der Waals surface area contributed by atoms with E-state index in [-0.39, 0.29) is 63.6 Å². The van der Waals surface area contributed by atoms with Gasteiger partial charge in [-0.25, -0.2) is 28.0 Å². The lowest BCUT2D eigenvalue weighted by atomic mass is 9.92. The van der Waals surface area contributed by atoms with Crippen LogP contribution < -0.4 is 16.0 Å². The van der Waals surface area contributed by atoms with Gasteiger partial charge in [0.1, 0.15) is 11.6 Å². The molecule has 0 bridgehead atoms. The monoisotopic (exact) mass is 1560 g/mol. The van der Waals surface area contributed by atoms with Gasteiger partial charge in [-0.15, -0.1) is 0 Å². The van der Waals surface area contributed by atoms with Gasteiger partial charge in [0, 0.05) is 127 Å². The van der Waals surface area contributed by atoms with Crippen LogP contribution >= 0.6 is 23.2 Å². The number of fused-ring (bicyclic) bond motifs is 3. The third-order valence-corrected chi connectivity index (χ3v) is 24.6. The fourth-order valence-electron chi connectivity index (χ4n) is 18.4. The molecule has 6 amide bonds. The van der Waals surface area contributed by atoms with E-state index < -0.39 is 47.2 Å². The lowest BCUT2D eigenvalue weighted by molar-refractivity contribution is -0.140. The molecule has 6 aliphatic carbocycles. The molecule has 3 N–H and O–H groups in total. The molecule has 110 heavy (non-hydrogen) atoms. The van der Waals surface area contributed by atoms with Gasteiger partial charge < -0.3 is 45.3 Å². The Morgan fingerprint density at radius 3 is 1.35 bits per heavy atom. The Hall–Kier alpha value is -8.54. The van der Waals surface area contributed by atoms with Crippen LogP contribution in [-0.4, -0.2) is 170 Å². The first-order valence-corrected chi connectivity index (χ1v) is 39.0. The molecule has 9 atom stereocenters. The predicted octanol–water partition coefficient (Wildman–Crippen LogP) is 18.6. The molecule has 2 saturated heterocycles. The molecule has 0 unspecified atom stereocenters. The van der Waals surface area contributed by atoms with Crippen LogP contribution in [0.15, 0.2) is 127 Å². The summed E-state index contributed by atoms with van der Waals surface area (Å²) in [5.41, 5.74) is 3.04. The summed E-state index contributed by atoms with van der Waals surface area (Å²) in [4.78, 5) is 58.9. The normalized spacial score (nSPS) is 24.4. The third kappa shape index (κ3) is 18.8. The number of halogens is 10. The molecule has 26 heteroatoms. The van der Waals surface area contributed by atoms with Crippen molar-refractivity contribution in [2.75, 3.05) is 115 Å². The number of piperazine rings is 1. The number of anilines is 3. The highest BCUT2D eigenvalue weighted by Crippen LogP contribution is 2.68. The molecule has 0 radical (unpaired) electrons. The van der Waals surface area contributed by atoms with Gasteiger partial charge in [0.25, 0.3) is 0 Å². The maximum absolute atomic E-state index is 13.9. The second-order valence-corrected chi connectivity index (χ2v) is 32.6. The van der Waals surface area contributed by atoms with Crippen LogP contribution in [0.4, 0.5) is 72.3 Å². The Labute approximate surface area is 649 Å². The fourth-order valence-corrected chi connectivity index (χ4v) is 19.0. The van der Waals surface area contributed by atoms with Gasteiger partial charge >= 0.3 is 30.4 Å². The van der Waals surface area contributed by atoms with E-state index in [4.69, 9.17) is 29.8 Å². The van der Waals surface area contributed by atoms with Gasteiger partial charge in [0.15, 0.2) is 5.69 Å². The molecule has 6 saturated carbocycles. The average Bonchev–Trinajstić information content (AvgIpc) is 1.55. The molecule has 14 rings (SSSR count). The zero-order chi connectivity index (χ0) is 78.5. The van der Waals surface area contributed by atoms with E-state index in [1.165, 1.54) is 18.4 Å². The maximum Gasteiger partial charge on any atom is 0.419 e. The Morgan fingerprint density at radius 1 is 0.536 bits per heavy atom. The minimum atomic E-state index is -4.86. The largest absolute Gasteiger partial charge is 0.419 e. The van der Waals surface area contributed by atoms with Gasteiger partial charge in [-0.3, -0.25) is 4.90 Å². The minimum Gasteiger partial charge on any atom is -0.321 e. The van der Waals surface area contributed by atoms with E-state index in [9.17, 15) is 60.0 Å². The molecule has 16 nitrogen and oxygen atoms in total. The second-order valence-electron chi connectivity index (χ2n) is 31.8. The van der Waals surface area contributed by atoms with E-state index in [0.29, 0.717) is 82.7 Å². The van der Waals surface area contributed by atoms with Gasteiger partial charge in [0.2, 0.25) is 0 Å². The first-order valence-electron chi connectivity index (χ1n) is 38.3. The lowest BCUT2D eigenvalue weighted by Crippen LogP contribution is -2.51. The fraction of sp³-hybridized carbons (Fsp3) is 0.500. The molecule has 584 valence electrons. The highest BCUT2D eigenvalue weighted by molar-refractivity contribution is 6.35. The van der Waals surface area contributed by atoms with Gasteiger partial charge in [-0.1, -0.05) is 85.6 Å². The SMILES string of the molecule is CC(C)CN1CCN(CCN(C(=O)Nc2ccc(F)c(C(F)(F)F)c2)[C@@H]2CC[C@]3(c4cccc(C#N)c4)C[C@H]23)CC1.CN(C)CCCCN(C(=O)Nc1ccc(F)c(C(F)(F)F)c1)[C@@H]1CC[C@]2(c3cccc(C#N)c3)C[C@H]12.[C-]#[N+]c1ccc([C@]23CC[C@@H](N(CCN4CCCC4)C(=O)Nc4cc(Cl)cc(Cl)c4)[C@H]2C3)cc1. The lowest BCUT2D eigenvalue weighted by Gasteiger charge is -2.37. The summed E-state index contributed by atoms with van der Waals surface area (Å²) < 4.78 is 107. The Bertz CT molecular complexity index is 4400.